The molecular formula is C21H32O3. The van der Waals surface area contributed by atoms with E-state index in [0.29, 0.717) is 11.3 Å². The summed E-state index contributed by atoms with van der Waals surface area (Å²) in [5, 5.41) is 10.0. The third kappa shape index (κ3) is 2.30. The van der Waals surface area contributed by atoms with Gasteiger partial charge in [0.05, 0.1) is 6.10 Å². The molecule has 134 valence electrons. The number of carbonyl (C=O) groups is 1. The molecule has 0 bridgehead atoms. The van der Waals surface area contributed by atoms with Gasteiger partial charge in [0.15, 0.2) is 0 Å². The lowest BCUT2D eigenvalue weighted by Gasteiger charge is -2.58. The maximum Gasteiger partial charge on any atom is 0.302 e. The van der Waals surface area contributed by atoms with Gasteiger partial charge in [-0.05, 0) is 74.5 Å². The standard InChI is InChI=1S/C21H32O3/c1-13(22)24-19-7-6-17-16-5-4-14-12-15(23)8-10-20(14,2)18(16)9-11-21(17,19)3/h12,15-19,23H,4-11H2,1-3H3/t15-,16+,17+,18+,19+,20+,21+/m1/s1. The van der Waals surface area contributed by atoms with Gasteiger partial charge < -0.3 is 9.84 Å². The number of hydrogen-bond donors (Lipinski definition) is 1. The molecule has 1 N–H and O–H groups in total. The van der Waals surface area contributed by atoms with Crippen molar-refractivity contribution in [2.45, 2.75) is 84.3 Å². The summed E-state index contributed by atoms with van der Waals surface area (Å²) in [5.41, 5.74) is 2.00. The molecule has 0 radical (unpaired) electrons. The first-order valence-corrected chi connectivity index (χ1v) is 9.91. The third-order valence-corrected chi connectivity index (χ3v) is 8.31. The Balaban J connectivity index is 1.61. The Kier molecular flexibility index (Phi) is 3.87. The van der Waals surface area contributed by atoms with E-state index in [1.165, 1.54) is 31.3 Å². The Hall–Kier alpha value is -0.830. The smallest absolute Gasteiger partial charge is 0.302 e. The Labute approximate surface area is 145 Å². The maximum atomic E-state index is 11.5. The van der Waals surface area contributed by atoms with Crippen LogP contribution in [-0.4, -0.2) is 23.3 Å². The van der Waals surface area contributed by atoms with Crippen molar-refractivity contribution in [3.8, 4) is 0 Å². The Morgan fingerprint density at radius 1 is 1.12 bits per heavy atom. The first kappa shape index (κ1) is 16.6. The summed E-state index contributed by atoms with van der Waals surface area (Å²) in [4.78, 5) is 11.5. The van der Waals surface area contributed by atoms with Crippen LogP contribution >= 0.6 is 0 Å². The van der Waals surface area contributed by atoms with Crippen LogP contribution in [0.4, 0.5) is 0 Å². The molecule has 0 heterocycles. The number of fused-ring (bicyclic) bond motifs is 5. The molecule has 4 aliphatic rings. The molecule has 4 rings (SSSR count). The van der Waals surface area contributed by atoms with Crippen LogP contribution in [0.15, 0.2) is 11.6 Å². The monoisotopic (exact) mass is 332 g/mol. The van der Waals surface area contributed by atoms with Gasteiger partial charge in [-0.3, -0.25) is 4.79 Å². The summed E-state index contributed by atoms with van der Waals surface area (Å²) in [6.45, 7) is 6.39. The van der Waals surface area contributed by atoms with E-state index in [9.17, 15) is 9.90 Å². The average molecular weight is 332 g/mol. The van der Waals surface area contributed by atoms with E-state index in [4.69, 9.17) is 4.74 Å². The molecule has 0 aromatic carbocycles. The van der Waals surface area contributed by atoms with Crippen molar-refractivity contribution >= 4 is 5.97 Å². The normalized spacial score (nSPS) is 50.3. The highest BCUT2D eigenvalue weighted by atomic mass is 16.5. The zero-order valence-electron chi connectivity index (χ0n) is 15.4. The second kappa shape index (κ2) is 5.59. The second-order valence-corrected chi connectivity index (χ2v) is 9.35. The molecule has 0 amide bonds. The predicted molar refractivity (Wildman–Crippen MR) is 93.3 cm³/mol. The number of ether oxygens (including phenoxy) is 1. The fourth-order valence-electron chi connectivity index (χ4n) is 7.06. The molecule has 4 aliphatic carbocycles. The van der Waals surface area contributed by atoms with Crippen LogP contribution in [0.5, 0.6) is 0 Å². The molecule has 0 aromatic rings. The van der Waals surface area contributed by atoms with E-state index < -0.39 is 0 Å². The summed E-state index contributed by atoms with van der Waals surface area (Å²) in [6, 6.07) is 0. The largest absolute Gasteiger partial charge is 0.462 e. The van der Waals surface area contributed by atoms with Gasteiger partial charge in [-0.1, -0.05) is 25.5 Å². The fourth-order valence-corrected chi connectivity index (χ4v) is 7.06. The van der Waals surface area contributed by atoms with E-state index in [1.807, 2.05) is 0 Å². The highest BCUT2D eigenvalue weighted by Gasteiger charge is 2.59. The molecule has 0 aliphatic heterocycles. The fraction of sp³-hybridized carbons (Fsp3) is 0.857. The van der Waals surface area contributed by atoms with Gasteiger partial charge in [0.25, 0.3) is 0 Å². The van der Waals surface area contributed by atoms with E-state index >= 15 is 0 Å². The highest BCUT2D eigenvalue weighted by Crippen LogP contribution is 2.65. The topological polar surface area (TPSA) is 46.5 Å². The summed E-state index contributed by atoms with van der Waals surface area (Å²) >= 11 is 0. The van der Waals surface area contributed by atoms with Gasteiger partial charge in [-0.2, -0.15) is 0 Å². The van der Waals surface area contributed by atoms with Crippen LogP contribution < -0.4 is 0 Å². The number of carbonyl (C=O) groups excluding carboxylic acids is 1. The van der Waals surface area contributed by atoms with Gasteiger partial charge in [0.2, 0.25) is 0 Å². The van der Waals surface area contributed by atoms with Gasteiger partial charge in [0, 0.05) is 12.3 Å². The molecule has 3 heteroatoms. The summed E-state index contributed by atoms with van der Waals surface area (Å²) in [5.74, 6) is 2.10. The van der Waals surface area contributed by atoms with E-state index in [0.717, 1.165) is 37.5 Å². The highest BCUT2D eigenvalue weighted by molar-refractivity contribution is 5.66. The van der Waals surface area contributed by atoms with E-state index in [2.05, 4.69) is 19.9 Å². The predicted octanol–water partition coefficient (Wildman–Crippen LogP) is 4.24. The summed E-state index contributed by atoms with van der Waals surface area (Å²) in [7, 11) is 0. The van der Waals surface area contributed by atoms with E-state index in [-0.39, 0.29) is 23.6 Å². The molecule has 3 nitrogen and oxygen atoms in total. The van der Waals surface area contributed by atoms with Crippen molar-refractivity contribution in [1.82, 2.24) is 0 Å². The minimum Gasteiger partial charge on any atom is -0.462 e. The van der Waals surface area contributed by atoms with Crippen LogP contribution in [0, 0.1) is 28.6 Å². The lowest BCUT2D eigenvalue weighted by molar-refractivity contribution is -0.157. The number of rotatable bonds is 1. The van der Waals surface area contributed by atoms with Gasteiger partial charge >= 0.3 is 5.97 Å². The molecular weight excluding hydrogens is 300 g/mol. The van der Waals surface area contributed by atoms with Gasteiger partial charge in [-0.25, -0.2) is 0 Å². The Morgan fingerprint density at radius 3 is 2.67 bits per heavy atom. The number of allylic oxidation sites excluding steroid dienone is 1. The maximum absolute atomic E-state index is 11.5. The van der Waals surface area contributed by atoms with Crippen LogP contribution in [0.25, 0.3) is 0 Å². The lowest BCUT2D eigenvalue weighted by atomic mass is 9.47. The molecule has 0 saturated heterocycles. The van der Waals surface area contributed by atoms with Gasteiger partial charge in [0.1, 0.15) is 6.10 Å². The van der Waals surface area contributed by atoms with Crippen LogP contribution in [-0.2, 0) is 9.53 Å². The second-order valence-electron chi connectivity index (χ2n) is 9.35. The number of hydrogen-bond acceptors (Lipinski definition) is 3. The average Bonchev–Trinajstić information content (AvgIpc) is 2.84. The minimum atomic E-state index is -0.224. The first-order chi connectivity index (χ1) is 11.3. The van der Waals surface area contributed by atoms with Crippen LogP contribution in [0.2, 0.25) is 0 Å². The zero-order chi connectivity index (χ0) is 17.1. The van der Waals surface area contributed by atoms with E-state index in [1.54, 1.807) is 6.92 Å². The molecule has 3 saturated carbocycles. The molecule has 7 atom stereocenters. The molecule has 24 heavy (non-hydrogen) atoms. The molecule has 0 spiro atoms. The number of esters is 1. The first-order valence-electron chi connectivity index (χ1n) is 9.91. The molecule has 0 unspecified atom stereocenters. The lowest BCUT2D eigenvalue weighted by Crippen LogP contribution is -2.51. The SMILES string of the molecule is CC(=O)O[C@H]1CC[C@H]2[C@@H]3CCC4=C[C@H](O)CC[C@]4(C)[C@H]3CC[C@]12C. The Morgan fingerprint density at radius 2 is 1.92 bits per heavy atom. The zero-order valence-corrected chi connectivity index (χ0v) is 15.4. The summed E-state index contributed by atoms with van der Waals surface area (Å²) < 4.78 is 5.73. The third-order valence-electron chi connectivity index (χ3n) is 8.31. The number of aliphatic hydroxyl groups excluding tert-OH is 1. The Bertz CT molecular complexity index is 567. The number of aliphatic hydroxyl groups is 1. The van der Waals surface area contributed by atoms with Crippen molar-refractivity contribution in [3.63, 3.8) is 0 Å². The van der Waals surface area contributed by atoms with Crippen molar-refractivity contribution in [2.24, 2.45) is 28.6 Å². The van der Waals surface area contributed by atoms with Crippen LogP contribution in [0.1, 0.15) is 72.1 Å². The molecule has 3 fully saturated rings. The van der Waals surface area contributed by atoms with Crippen molar-refractivity contribution in [3.05, 3.63) is 11.6 Å². The van der Waals surface area contributed by atoms with Crippen molar-refractivity contribution < 1.29 is 14.6 Å². The molecule has 0 aromatic heterocycles. The van der Waals surface area contributed by atoms with Gasteiger partial charge in [-0.15, -0.1) is 0 Å². The quantitative estimate of drug-likeness (QED) is 0.577. The summed E-state index contributed by atoms with van der Waals surface area (Å²) in [6.07, 6.45) is 11.2. The van der Waals surface area contributed by atoms with Crippen molar-refractivity contribution in [1.29, 1.82) is 0 Å². The van der Waals surface area contributed by atoms with Crippen LogP contribution in [0.3, 0.4) is 0 Å². The minimum absolute atomic E-state index is 0.119. The van der Waals surface area contributed by atoms with Crippen molar-refractivity contribution in [2.75, 3.05) is 0 Å².